The van der Waals surface area contributed by atoms with Crippen LogP contribution in [0.4, 0.5) is 5.69 Å². The maximum absolute atomic E-state index is 11.4. The van der Waals surface area contributed by atoms with Gasteiger partial charge in [-0.1, -0.05) is 12.1 Å². The lowest BCUT2D eigenvalue weighted by atomic mass is 10.0. The fraction of sp³-hybridized carbons (Fsp3) is 0.600. The predicted molar refractivity (Wildman–Crippen MR) is 88.7 cm³/mol. The van der Waals surface area contributed by atoms with Crippen LogP contribution >= 0.6 is 0 Å². The average molecular weight is 327 g/mol. The van der Waals surface area contributed by atoms with Crippen LogP contribution in [-0.2, 0) is 14.8 Å². The Bertz CT molecular complexity index is 566. The summed E-state index contributed by atoms with van der Waals surface area (Å²) in [7, 11) is 0.796. The summed E-state index contributed by atoms with van der Waals surface area (Å²) < 4.78 is 30.9. The predicted octanol–water partition coefficient (Wildman–Crippen LogP) is 0.675. The van der Waals surface area contributed by atoms with Gasteiger partial charge in [-0.2, -0.15) is 0 Å². The molecule has 22 heavy (non-hydrogen) atoms. The van der Waals surface area contributed by atoms with Gasteiger partial charge in [0.05, 0.1) is 19.5 Å². The molecule has 0 amide bonds. The highest BCUT2D eigenvalue weighted by Crippen LogP contribution is 2.23. The van der Waals surface area contributed by atoms with E-state index in [-0.39, 0.29) is 6.04 Å². The van der Waals surface area contributed by atoms with E-state index >= 15 is 0 Å². The summed E-state index contributed by atoms with van der Waals surface area (Å²) in [5.41, 5.74) is 2.24. The van der Waals surface area contributed by atoms with Crippen molar-refractivity contribution in [3.05, 3.63) is 29.8 Å². The number of nitrogens with one attached hydrogen (secondary N) is 1. The number of benzene rings is 1. The molecule has 2 rings (SSSR count). The number of sulfonamides is 1. The highest BCUT2D eigenvalue weighted by atomic mass is 32.2. The first-order chi connectivity index (χ1) is 10.4. The quantitative estimate of drug-likeness (QED) is 0.832. The Kier molecular flexibility index (Phi) is 5.80. The van der Waals surface area contributed by atoms with Crippen LogP contribution in [0.25, 0.3) is 0 Å². The first-order valence-electron chi connectivity index (χ1n) is 7.40. The molecule has 0 spiro atoms. The van der Waals surface area contributed by atoms with Crippen molar-refractivity contribution >= 4 is 15.7 Å². The molecular formula is C15H25N3O3S. The molecule has 1 aromatic carbocycles. The van der Waals surface area contributed by atoms with E-state index in [4.69, 9.17) is 4.74 Å². The van der Waals surface area contributed by atoms with Gasteiger partial charge in [0, 0.05) is 45.5 Å². The largest absolute Gasteiger partial charge is 0.379 e. The molecule has 0 aliphatic carbocycles. The van der Waals surface area contributed by atoms with Crippen LogP contribution in [0.15, 0.2) is 24.3 Å². The van der Waals surface area contributed by atoms with Gasteiger partial charge in [-0.3, -0.25) is 4.90 Å². The summed E-state index contributed by atoms with van der Waals surface area (Å²) in [6.45, 7) is 3.37. The molecule has 1 aliphatic rings. The monoisotopic (exact) mass is 327 g/mol. The smallest absolute Gasteiger partial charge is 0.208 e. The van der Waals surface area contributed by atoms with Gasteiger partial charge in [-0.05, 0) is 17.7 Å². The number of hydrogen-bond acceptors (Lipinski definition) is 5. The molecule has 1 fully saturated rings. The molecule has 0 aromatic heterocycles. The number of nitrogens with zero attached hydrogens (tertiary/aromatic N) is 2. The highest BCUT2D eigenvalue weighted by Gasteiger charge is 2.23. The number of hydrogen-bond donors (Lipinski definition) is 1. The Morgan fingerprint density at radius 1 is 1.23 bits per heavy atom. The summed E-state index contributed by atoms with van der Waals surface area (Å²) in [6.07, 6.45) is 1.19. The standard InChI is InChI=1S/C15H25N3O3S/c1-17(2)14-6-4-13(5-7-14)15(12-16-22(3,19)20)18-8-10-21-11-9-18/h4-7,15-16H,8-12H2,1-3H3. The SMILES string of the molecule is CN(C)c1ccc(C(CNS(C)(=O)=O)N2CCOCC2)cc1. The Hall–Kier alpha value is -1.15. The van der Waals surface area contributed by atoms with Crippen molar-refractivity contribution < 1.29 is 13.2 Å². The fourth-order valence-corrected chi connectivity index (χ4v) is 3.03. The van der Waals surface area contributed by atoms with Crippen LogP contribution in [0.1, 0.15) is 11.6 Å². The molecule has 0 bridgehead atoms. The molecular weight excluding hydrogens is 302 g/mol. The molecule has 124 valence electrons. The van der Waals surface area contributed by atoms with Gasteiger partial charge in [0.15, 0.2) is 0 Å². The van der Waals surface area contributed by atoms with Crippen LogP contribution in [0.2, 0.25) is 0 Å². The second-order valence-corrected chi connectivity index (χ2v) is 7.60. The molecule has 1 N–H and O–H groups in total. The van der Waals surface area contributed by atoms with E-state index in [9.17, 15) is 8.42 Å². The van der Waals surface area contributed by atoms with Crippen LogP contribution in [-0.4, -0.2) is 66.5 Å². The van der Waals surface area contributed by atoms with E-state index in [2.05, 4.69) is 33.9 Å². The lowest BCUT2D eigenvalue weighted by Gasteiger charge is -2.35. The second kappa shape index (κ2) is 7.41. The molecule has 7 heteroatoms. The normalized spacial score (nSPS) is 18.1. The lowest BCUT2D eigenvalue weighted by Crippen LogP contribution is -2.43. The summed E-state index contributed by atoms with van der Waals surface area (Å²) in [4.78, 5) is 4.31. The summed E-state index contributed by atoms with van der Waals surface area (Å²) in [5.74, 6) is 0. The Morgan fingerprint density at radius 2 is 1.82 bits per heavy atom. The van der Waals surface area contributed by atoms with Gasteiger partial charge < -0.3 is 9.64 Å². The van der Waals surface area contributed by atoms with Gasteiger partial charge in [0.2, 0.25) is 10.0 Å². The van der Waals surface area contributed by atoms with Crippen LogP contribution in [0.5, 0.6) is 0 Å². The zero-order chi connectivity index (χ0) is 16.2. The maximum atomic E-state index is 11.4. The minimum atomic E-state index is -3.20. The summed E-state index contributed by atoms with van der Waals surface area (Å²) in [6, 6.07) is 8.28. The topological polar surface area (TPSA) is 61.9 Å². The van der Waals surface area contributed by atoms with Gasteiger partial charge in [-0.15, -0.1) is 0 Å². The third-order valence-corrected chi connectivity index (χ3v) is 4.51. The minimum absolute atomic E-state index is 0.0230. The molecule has 1 aromatic rings. The van der Waals surface area contributed by atoms with Crippen molar-refractivity contribution in [2.45, 2.75) is 6.04 Å². The van der Waals surface area contributed by atoms with E-state index in [1.807, 2.05) is 19.0 Å². The van der Waals surface area contributed by atoms with Crippen molar-refractivity contribution in [3.8, 4) is 0 Å². The zero-order valence-electron chi connectivity index (χ0n) is 13.4. The number of ether oxygens (including phenoxy) is 1. The van der Waals surface area contributed by atoms with Gasteiger partial charge in [-0.25, -0.2) is 13.1 Å². The highest BCUT2D eigenvalue weighted by molar-refractivity contribution is 7.88. The van der Waals surface area contributed by atoms with E-state index in [1.54, 1.807) is 0 Å². The van der Waals surface area contributed by atoms with Crippen molar-refractivity contribution in [1.82, 2.24) is 9.62 Å². The number of rotatable bonds is 6. The third kappa shape index (κ3) is 4.95. The van der Waals surface area contributed by atoms with Crippen LogP contribution < -0.4 is 9.62 Å². The first-order valence-corrected chi connectivity index (χ1v) is 9.30. The summed E-state index contributed by atoms with van der Waals surface area (Å²) >= 11 is 0. The first kappa shape index (κ1) is 17.2. The molecule has 6 nitrogen and oxygen atoms in total. The van der Waals surface area contributed by atoms with Gasteiger partial charge >= 0.3 is 0 Å². The molecule has 0 radical (unpaired) electrons. The summed E-state index contributed by atoms with van der Waals surface area (Å²) in [5, 5.41) is 0. The van der Waals surface area contributed by atoms with E-state index in [0.29, 0.717) is 19.8 Å². The average Bonchev–Trinajstić information content (AvgIpc) is 2.48. The molecule has 1 saturated heterocycles. The fourth-order valence-electron chi connectivity index (χ4n) is 2.57. The van der Waals surface area contributed by atoms with E-state index < -0.39 is 10.0 Å². The molecule has 1 atom stereocenters. The minimum Gasteiger partial charge on any atom is -0.379 e. The second-order valence-electron chi connectivity index (χ2n) is 5.77. The molecule has 1 heterocycles. The van der Waals surface area contributed by atoms with Gasteiger partial charge in [0.1, 0.15) is 0 Å². The molecule has 1 unspecified atom stereocenters. The number of morpholine rings is 1. The van der Waals surface area contributed by atoms with Crippen LogP contribution in [0, 0.1) is 0 Å². The van der Waals surface area contributed by atoms with Crippen molar-refractivity contribution in [1.29, 1.82) is 0 Å². The lowest BCUT2D eigenvalue weighted by molar-refractivity contribution is 0.0172. The van der Waals surface area contributed by atoms with E-state index in [0.717, 1.165) is 24.3 Å². The van der Waals surface area contributed by atoms with Gasteiger partial charge in [0.25, 0.3) is 0 Å². The van der Waals surface area contributed by atoms with Crippen molar-refractivity contribution in [2.75, 3.05) is 58.1 Å². The molecule has 0 saturated carbocycles. The third-order valence-electron chi connectivity index (χ3n) is 3.82. The number of anilines is 1. The Labute approximate surface area is 133 Å². The van der Waals surface area contributed by atoms with Crippen molar-refractivity contribution in [2.24, 2.45) is 0 Å². The maximum Gasteiger partial charge on any atom is 0.208 e. The van der Waals surface area contributed by atoms with Crippen molar-refractivity contribution in [3.63, 3.8) is 0 Å². The zero-order valence-corrected chi connectivity index (χ0v) is 14.3. The van der Waals surface area contributed by atoms with E-state index in [1.165, 1.54) is 6.26 Å². The molecule has 1 aliphatic heterocycles. The van der Waals surface area contributed by atoms with Crippen LogP contribution in [0.3, 0.4) is 0 Å². The Morgan fingerprint density at radius 3 is 2.32 bits per heavy atom. The Balaban J connectivity index is 2.18.